The number of carbonyl (C=O) groups is 1. The van der Waals surface area contributed by atoms with Crippen molar-refractivity contribution in [1.29, 1.82) is 0 Å². The topological polar surface area (TPSA) is 54.0 Å². The number of anilines is 1. The maximum Gasteiger partial charge on any atom is 0.319 e. The highest BCUT2D eigenvalue weighted by Gasteiger charge is 2.09. The van der Waals surface area contributed by atoms with E-state index >= 15 is 0 Å². The standard InChI is InChI=1S/C17H12Cl3N3O/c18-13-5-4-10(12-9-21-7-6-11(12)13)8-22-17(24)23-15-3-1-2-14(19)16(15)20/h1-7,9H,8H2,(H2,22,23,24). The van der Waals surface area contributed by atoms with E-state index < -0.39 is 0 Å². The molecular formula is C17H12Cl3N3O. The fraction of sp³-hybridized carbons (Fsp3) is 0.0588. The van der Waals surface area contributed by atoms with E-state index in [1.807, 2.05) is 12.1 Å². The lowest BCUT2D eigenvalue weighted by Crippen LogP contribution is -2.28. The highest BCUT2D eigenvalue weighted by atomic mass is 35.5. The summed E-state index contributed by atoms with van der Waals surface area (Å²) < 4.78 is 0. The van der Waals surface area contributed by atoms with Gasteiger partial charge in [0.15, 0.2) is 0 Å². The van der Waals surface area contributed by atoms with Crippen LogP contribution in [0.25, 0.3) is 10.8 Å². The molecule has 1 heterocycles. The van der Waals surface area contributed by atoms with E-state index in [2.05, 4.69) is 15.6 Å². The maximum atomic E-state index is 12.1. The summed E-state index contributed by atoms with van der Waals surface area (Å²) in [5, 5.41) is 8.57. The Balaban J connectivity index is 1.73. The van der Waals surface area contributed by atoms with Crippen molar-refractivity contribution in [2.45, 2.75) is 6.54 Å². The summed E-state index contributed by atoms with van der Waals surface area (Å²) >= 11 is 18.2. The molecule has 0 aliphatic heterocycles. The number of benzene rings is 2. The Morgan fingerprint density at radius 2 is 1.83 bits per heavy atom. The number of fused-ring (bicyclic) bond motifs is 1. The Morgan fingerprint density at radius 3 is 2.67 bits per heavy atom. The Morgan fingerprint density at radius 1 is 1.00 bits per heavy atom. The lowest BCUT2D eigenvalue weighted by Gasteiger charge is -2.11. The molecule has 122 valence electrons. The third-order valence-corrected chi connectivity index (χ3v) is 4.64. The van der Waals surface area contributed by atoms with Gasteiger partial charge in [-0.3, -0.25) is 4.98 Å². The third kappa shape index (κ3) is 3.56. The van der Waals surface area contributed by atoms with Crippen LogP contribution in [0.15, 0.2) is 48.8 Å². The molecule has 0 aliphatic rings. The second-order valence-corrected chi connectivity index (χ2v) is 6.23. The number of hydrogen-bond acceptors (Lipinski definition) is 2. The van der Waals surface area contributed by atoms with Crippen LogP contribution < -0.4 is 10.6 Å². The van der Waals surface area contributed by atoms with Gasteiger partial charge in [0.05, 0.1) is 15.7 Å². The minimum atomic E-state index is -0.383. The average molecular weight is 381 g/mol. The van der Waals surface area contributed by atoms with Crippen LogP contribution in [0.1, 0.15) is 5.56 Å². The average Bonchev–Trinajstić information content (AvgIpc) is 2.59. The van der Waals surface area contributed by atoms with Crippen LogP contribution in [0, 0.1) is 0 Å². The molecule has 0 saturated heterocycles. The van der Waals surface area contributed by atoms with Gasteiger partial charge in [-0.1, -0.05) is 46.9 Å². The van der Waals surface area contributed by atoms with E-state index in [1.54, 1.807) is 36.7 Å². The zero-order valence-electron chi connectivity index (χ0n) is 12.3. The highest BCUT2D eigenvalue weighted by Crippen LogP contribution is 2.29. The summed E-state index contributed by atoms with van der Waals surface area (Å²) in [5.74, 6) is 0. The van der Waals surface area contributed by atoms with Gasteiger partial charge in [0.25, 0.3) is 0 Å². The second-order valence-electron chi connectivity index (χ2n) is 5.04. The van der Waals surface area contributed by atoms with Crippen LogP contribution in [0.2, 0.25) is 15.1 Å². The number of nitrogens with zero attached hydrogens (tertiary/aromatic N) is 1. The quantitative estimate of drug-likeness (QED) is 0.629. The van der Waals surface area contributed by atoms with Crippen molar-refractivity contribution < 1.29 is 4.79 Å². The number of nitrogens with one attached hydrogen (secondary N) is 2. The highest BCUT2D eigenvalue weighted by molar-refractivity contribution is 6.44. The summed E-state index contributed by atoms with van der Waals surface area (Å²) in [4.78, 5) is 16.2. The van der Waals surface area contributed by atoms with E-state index in [9.17, 15) is 4.79 Å². The smallest absolute Gasteiger partial charge is 0.319 e. The molecule has 0 unspecified atom stereocenters. The second kappa shape index (κ2) is 7.26. The molecule has 2 N–H and O–H groups in total. The lowest BCUT2D eigenvalue weighted by atomic mass is 10.1. The molecule has 7 heteroatoms. The zero-order valence-corrected chi connectivity index (χ0v) is 14.6. The van der Waals surface area contributed by atoms with E-state index in [-0.39, 0.29) is 6.03 Å². The van der Waals surface area contributed by atoms with Gasteiger partial charge in [-0.15, -0.1) is 0 Å². The van der Waals surface area contributed by atoms with Crippen LogP contribution in [0.4, 0.5) is 10.5 Å². The summed E-state index contributed by atoms with van der Waals surface area (Å²) in [6, 6.07) is 10.2. The summed E-state index contributed by atoms with van der Waals surface area (Å²) in [7, 11) is 0. The van der Waals surface area contributed by atoms with Gasteiger partial charge in [-0.2, -0.15) is 0 Å². The van der Waals surface area contributed by atoms with Crippen molar-refractivity contribution >= 4 is 57.3 Å². The van der Waals surface area contributed by atoms with Crippen LogP contribution in [-0.4, -0.2) is 11.0 Å². The fourth-order valence-corrected chi connectivity index (χ4v) is 2.88. The Bertz CT molecular complexity index is 915. The van der Waals surface area contributed by atoms with Crippen molar-refractivity contribution in [3.8, 4) is 0 Å². The fourth-order valence-electron chi connectivity index (χ4n) is 2.31. The molecule has 24 heavy (non-hydrogen) atoms. The number of amides is 2. The number of hydrogen-bond donors (Lipinski definition) is 2. The summed E-state index contributed by atoms with van der Waals surface area (Å²) in [6.45, 7) is 0.323. The molecule has 0 bridgehead atoms. The van der Waals surface area contributed by atoms with Crippen LogP contribution in [0.5, 0.6) is 0 Å². The molecule has 2 amide bonds. The lowest BCUT2D eigenvalue weighted by molar-refractivity contribution is 0.252. The van der Waals surface area contributed by atoms with Gasteiger partial charge in [0, 0.05) is 34.7 Å². The van der Waals surface area contributed by atoms with Crippen LogP contribution >= 0.6 is 34.8 Å². The van der Waals surface area contributed by atoms with E-state index in [0.717, 1.165) is 16.3 Å². The van der Waals surface area contributed by atoms with Crippen LogP contribution in [-0.2, 0) is 6.54 Å². The Hall–Kier alpha value is -2.01. The van der Waals surface area contributed by atoms with Gasteiger partial charge >= 0.3 is 6.03 Å². The summed E-state index contributed by atoms with van der Waals surface area (Å²) in [5.41, 5.74) is 1.36. The van der Waals surface area contributed by atoms with Crippen molar-refractivity contribution in [3.63, 3.8) is 0 Å². The number of carbonyl (C=O) groups excluding carboxylic acids is 1. The SMILES string of the molecule is O=C(NCc1ccc(Cl)c2ccncc12)Nc1cccc(Cl)c1Cl. The van der Waals surface area contributed by atoms with E-state index in [0.29, 0.717) is 27.3 Å². The number of halogens is 3. The molecule has 0 aliphatic carbocycles. The van der Waals surface area contributed by atoms with Crippen molar-refractivity contribution in [3.05, 3.63) is 69.4 Å². The normalized spacial score (nSPS) is 10.6. The van der Waals surface area contributed by atoms with Gasteiger partial charge in [0.1, 0.15) is 0 Å². The third-order valence-electron chi connectivity index (χ3n) is 3.49. The van der Waals surface area contributed by atoms with Crippen molar-refractivity contribution in [2.24, 2.45) is 0 Å². The zero-order chi connectivity index (χ0) is 17.1. The molecule has 3 aromatic rings. The van der Waals surface area contributed by atoms with E-state index in [1.165, 1.54) is 0 Å². The van der Waals surface area contributed by atoms with Crippen LogP contribution in [0.3, 0.4) is 0 Å². The molecular weight excluding hydrogens is 369 g/mol. The molecule has 0 fully saturated rings. The van der Waals surface area contributed by atoms with Crippen molar-refractivity contribution in [2.75, 3.05) is 5.32 Å². The first-order valence-electron chi connectivity index (χ1n) is 7.06. The predicted molar refractivity (Wildman–Crippen MR) is 99.1 cm³/mol. The molecule has 0 saturated carbocycles. The first-order valence-corrected chi connectivity index (χ1v) is 8.19. The largest absolute Gasteiger partial charge is 0.334 e. The van der Waals surface area contributed by atoms with Crippen molar-refractivity contribution in [1.82, 2.24) is 10.3 Å². The number of aromatic nitrogens is 1. The van der Waals surface area contributed by atoms with Gasteiger partial charge in [-0.05, 0) is 29.8 Å². The first-order chi connectivity index (χ1) is 11.6. The van der Waals surface area contributed by atoms with Gasteiger partial charge in [0.2, 0.25) is 0 Å². The minimum absolute atomic E-state index is 0.301. The number of pyridine rings is 1. The predicted octanol–water partition coefficient (Wildman–Crippen LogP) is 5.52. The molecule has 0 spiro atoms. The minimum Gasteiger partial charge on any atom is -0.334 e. The molecule has 1 aromatic heterocycles. The molecule has 0 radical (unpaired) electrons. The number of rotatable bonds is 3. The van der Waals surface area contributed by atoms with Gasteiger partial charge < -0.3 is 10.6 Å². The van der Waals surface area contributed by atoms with Gasteiger partial charge in [-0.25, -0.2) is 4.79 Å². The maximum absolute atomic E-state index is 12.1. The molecule has 2 aromatic carbocycles. The summed E-state index contributed by atoms with van der Waals surface area (Å²) in [6.07, 6.45) is 3.41. The van der Waals surface area contributed by atoms with E-state index in [4.69, 9.17) is 34.8 Å². The molecule has 3 rings (SSSR count). The monoisotopic (exact) mass is 379 g/mol. The number of urea groups is 1. The Labute approximate surface area is 153 Å². The Kier molecular flexibility index (Phi) is 5.09. The molecule has 0 atom stereocenters. The molecule has 4 nitrogen and oxygen atoms in total. The first kappa shape index (κ1) is 16.8.